The van der Waals surface area contributed by atoms with Crippen molar-refractivity contribution in [3.8, 4) is 0 Å². The van der Waals surface area contributed by atoms with E-state index in [0.717, 1.165) is 11.3 Å². The second-order valence-corrected chi connectivity index (χ2v) is 12.6. The molecule has 2 N–H and O–H groups in total. The van der Waals surface area contributed by atoms with Crippen LogP contribution in [0.4, 0.5) is 5.69 Å². The van der Waals surface area contributed by atoms with Gasteiger partial charge in [0, 0.05) is 51.4 Å². The average Bonchev–Trinajstić information content (AvgIpc) is 3.49. The highest BCUT2D eigenvalue weighted by Crippen LogP contribution is 2.29. The fraction of sp³-hybridized carbons (Fsp3) is 0.458. The first kappa shape index (κ1) is 30.3. The number of likely N-dealkylation sites (N-methyl/N-ethyl adjacent to an activating group) is 1. The van der Waals surface area contributed by atoms with E-state index in [4.69, 9.17) is 11.6 Å². The molecule has 2 fully saturated rings. The van der Waals surface area contributed by atoms with E-state index in [2.05, 4.69) is 14.9 Å². The Bertz CT molecular complexity index is 1290. The van der Waals surface area contributed by atoms with Crippen LogP contribution in [0.3, 0.4) is 0 Å². The number of nitrogens with one attached hydrogen (secondary N) is 2. The van der Waals surface area contributed by atoms with Crippen LogP contribution < -0.4 is 14.9 Å². The minimum absolute atomic E-state index is 0. The Morgan fingerprint density at radius 1 is 1.11 bits per heavy atom. The predicted octanol–water partition coefficient (Wildman–Crippen LogP) is 2.11. The first-order valence-corrected chi connectivity index (χ1v) is 14.7. The van der Waals surface area contributed by atoms with E-state index in [9.17, 15) is 22.8 Å². The highest BCUT2D eigenvalue weighted by Gasteiger charge is 2.33. The number of hydrogen-bond donors (Lipinski definition) is 2. The summed E-state index contributed by atoms with van der Waals surface area (Å²) >= 11 is 7.02. The summed E-state index contributed by atoms with van der Waals surface area (Å²) in [6.07, 6.45) is 1.13. The lowest BCUT2D eigenvalue weighted by Crippen LogP contribution is -2.57. The van der Waals surface area contributed by atoms with Crippen LogP contribution in [0, 0.1) is 6.92 Å². The summed E-state index contributed by atoms with van der Waals surface area (Å²) < 4.78 is 30.1. The topological polar surface area (TPSA) is 119 Å². The molecule has 4 rings (SSSR count). The summed E-state index contributed by atoms with van der Waals surface area (Å²) in [7, 11) is -2.22. The Morgan fingerprint density at radius 3 is 2.42 bits per heavy atom. The second kappa shape index (κ2) is 12.8. The molecule has 2 aliphatic rings. The molecule has 2 aliphatic heterocycles. The molecular formula is C24H31Cl2N5O5S2. The first-order chi connectivity index (χ1) is 17.6. The zero-order valence-corrected chi connectivity index (χ0v) is 24.3. The van der Waals surface area contributed by atoms with Crippen molar-refractivity contribution in [1.29, 1.82) is 0 Å². The Hall–Kier alpha value is -2.22. The molecule has 3 heterocycles. The van der Waals surface area contributed by atoms with Crippen molar-refractivity contribution in [2.75, 3.05) is 51.2 Å². The minimum atomic E-state index is -4.18. The number of halogens is 2. The molecule has 1 aromatic carbocycles. The summed E-state index contributed by atoms with van der Waals surface area (Å²) in [4.78, 5) is 43.9. The Balaban J connectivity index is 0.00000400. The molecule has 10 nitrogen and oxygen atoms in total. The summed E-state index contributed by atoms with van der Waals surface area (Å²) in [6.45, 7) is 4.17. The van der Waals surface area contributed by atoms with E-state index >= 15 is 0 Å². The van der Waals surface area contributed by atoms with Crippen molar-refractivity contribution in [3.05, 3.63) is 45.1 Å². The molecular weight excluding hydrogens is 573 g/mol. The largest absolute Gasteiger partial charge is 0.349 e. The van der Waals surface area contributed by atoms with E-state index in [1.807, 2.05) is 7.05 Å². The third kappa shape index (κ3) is 6.85. The van der Waals surface area contributed by atoms with Gasteiger partial charge in [-0.15, -0.1) is 23.7 Å². The van der Waals surface area contributed by atoms with E-state index < -0.39 is 27.9 Å². The third-order valence-corrected chi connectivity index (χ3v) is 9.43. The molecule has 1 atom stereocenters. The van der Waals surface area contributed by atoms with Crippen LogP contribution in [0.2, 0.25) is 4.34 Å². The maximum absolute atomic E-state index is 13.5. The van der Waals surface area contributed by atoms with Gasteiger partial charge >= 0.3 is 0 Å². The maximum atomic E-state index is 13.5. The molecule has 2 aromatic rings. The number of carbonyl (C=O) groups is 3. The quantitative estimate of drug-likeness (QED) is 0.477. The van der Waals surface area contributed by atoms with Crippen LogP contribution in [-0.4, -0.2) is 88.3 Å². The van der Waals surface area contributed by atoms with Gasteiger partial charge in [0.05, 0.1) is 14.1 Å². The number of nitrogens with zero attached hydrogens (tertiary/aromatic N) is 3. The highest BCUT2D eigenvalue weighted by molar-refractivity contribution is 7.89. The summed E-state index contributed by atoms with van der Waals surface area (Å²) in [5.41, 5.74) is 0.962. The standard InChI is InChI=1S/C24H30ClN5O5S2.ClH/c1-16-18(30-10-4-7-22(30)31)5-3-6-20(16)37(34,35)27-17(24(33)29-13-11-28(2)12-14-29)15-26-23(32)19-8-9-21(25)36-19;/h3,5-6,8-9,17,27H,4,7,10-15H2,1-2H3,(H,26,32);1H/t17-;/m0./s1. The first-order valence-electron chi connectivity index (χ1n) is 12.0. The molecule has 1 aromatic heterocycles. The molecule has 0 unspecified atom stereocenters. The van der Waals surface area contributed by atoms with Gasteiger partial charge in [-0.25, -0.2) is 8.42 Å². The molecule has 0 radical (unpaired) electrons. The van der Waals surface area contributed by atoms with Gasteiger partial charge in [-0.05, 0) is 50.2 Å². The van der Waals surface area contributed by atoms with Crippen molar-refractivity contribution in [2.24, 2.45) is 0 Å². The molecule has 0 saturated carbocycles. The average molecular weight is 605 g/mol. The lowest BCUT2D eigenvalue weighted by atomic mass is 10.2. The number of sulfonamides is 1. The van der Waals surface area contributed by atoms with Crippen LogP contribution in [0.15, 0.2) is 35.2 Å². The zero-order chi connectivity index (χ0) is 26.7. The van der Waals surface area contributed by atoms with Crippen LogP contribution in [0.25, 0.3) is 0 Å². The van der Waals surface area contributed by atoms with Crippen LogP contribution >= 0.6 is 35.3 Å². The summed E-state index contributed by atoms with van der Waals surface area (Å²) in [5, 5.41) is 2.67. The van der Waals surface area contributed by atoms with E-state index in [1.54, 1.807) is 41.0 Å². The monoisotopic (exact) mass is 603 g/mol. The van der Waals surface area contributed by atoms with Crippen molar-refractivity contribution in [3.63, 3.8) is 0 Å². The molecule has 0 spiro atoms. The number of carbonyl (C=O) groups excluding carboxylic acids is 3. The van der Waals surface area contributed by atoms with Crippen molar-refractivity contribution >= 4 is 68.8 Å². The number of amides is 3. The van der Waals surface area contributed by atoms with Gasteiger partial charge < -0.3 is 20.0 Å². The number of anilines is 1. The van der Waals surface area contributed by atoms with Crippen molar-refractivity contribution < 1.29 is 22.8 Å². The van der Waals surface area contributed by atoms with Crippen LogP contribution in [0.1, 0.15) is 28.1 Å². The van der Waals surface area contributed by atoms with Gasteiger partial charge in [0.25, 0.3) is 5.91 Å². The fourth-order valence-corrected chi connectivity index (χ4v) is 6.90. The molecule has 3 amide bonds. The van der Waals surface area contributed by atoms with Crippen LogP contribution in [0.5, 0.6) is 0 Å². The van der Waals surface area contributed by atoms with Gasteiger partial charge in [-0.1, -0.05) is 17.7 Å². The highest BCUT2D eigenvalue weighted by atomic mass is 35.5. The van der Waals surface area contributed by atoms with Crippen molar-refractivity contribution in [1.82, 2.24) is 19.8 Å². The molecule has 14 heteroatoms. The number of rotatable bonds is 8. The zero-order valence-electron chi connectivity index (χ0n) is 21.1. The molecule has 38 heavy (non-hydrogen) atoms. The van der Waals surface area contributed by atoms with Gasteiger partial charge in [-0.3, -0.25) is 14.4 Å². The molecule has 2 saturated heterocycles. The lowest BCUT2D eigenvalue weighted by molar-refractivity contribution is -0.134. The lowest BCUT2D eigenvalue weighted by Gasteiger charge is -2.34. The number of piperazine rings is 1. The number of benzene rings is 1. The minimum Gasteiger partial charge on any atom is -0.349 e. The third-order valence-electron chi connectivity index (χ3n) is 6.58. The van der Waals surface area contributed by atoms with E-state index in [1.165, 1.54) is 6.07 Å². The Morgan fingerprint density at radius 2 is 1.82 bits per heavy atom. The molecule has 208 valence electrons. The fourth-order valence-electron chi connectivity index (χ4n) is 4.48. The smallest absolute Gasteiger partial charge is 0.261 e. The SMILES string of the molecule is Cc1c(N2CCCC2=O)cccc1S(=O)(=O)N[C@@H](CNC(=O)c1ccc(Cl)s1)C(=O)N1CCN(C)CC1.Cl. The Kier molecular flexibility index (Phi) is 10.2. The summed E-state index contributed by atoms with van der Waals surface area (Å²) in [6, 6.07) is 6.70. The maximum Gasteiger partial charge on any atom is 0.261 e. The summed E-state index contributed by atoms with van der Waals surface area (Å²) in [5.74, 6) is -0.909. The second-order valence-electron chi connectivity index (χ2n) is 9.17. The van der Waals surface area contributed by atoms with Gasteiger partial charge in [0.15, 0.2) is 0 Å². The van der Waals surface area contributed by atoms with Gasteiger partial charge in [0.1, 0.15) is 6.04 Å². The molecule has 0 bridgehead atoms. The number of hydrogen-bond acceptors (Lipinski definition) is 7. The molecule has 0 aliphatic carbocycles. The van der Waals surface area contributed by atoms with E-state index in [-0.39, 0.29) is 29.8 Å². The van der Waals surface area contributed by atoms with Gasteiger partial charge in [-0.2, -0.15) is 4.72 Å². The van der Waals surface area contributed by atoms with Gasteiger partial charge in [0.2, 0.25) is 21.8 Å². The normalized spacial score (nSPS) is 17.3. The predicted molar refractivity (Wildman–Crippen MR) is 150 cm³/mol. The van der Waals surface area contributed by atoms with Crippen molar-refractivity contribution in [2.45, 2.75) is 30.7 Å². The van der Waals surface area contributed by atoms with Crippen LogP contribution in [-0.2, 0) is 19.6 Å². The Labute approximate surface area is 237 Å². The van der Waals surface area contributed by atoms with E-state index in [0.29, 0.717) is 66.0 Å². The number of thiophene rings is 1.